The highest BCUT2D eigenvalue weighted by Crippen LogP contribution is 2.26. The minimum Gasteiger partial charge on any atom is -0.367 e. The molecule has 6 heteroatoms. The molecular weight excluding hydrogens is 346 g/mol. The molecule has 2 aromatic heterocycles. The number of anilines is 1. The van der Waals surface area contributed by atoms with Crippen LogP contribution in [0.15, 0.2) is 54.9 Å². The summed E-state index contributed by atoms with van der Waals surface area (Å²) in [6, 6.07) is 14.0. The van der Waals surface area contributed by atoms with Gasteiger partial charge in [-0.15, -0.1) is 0 Å². The molecule has 3 heterocycles. The number of halogens is 1. The zero-order valence-corrected chi connectivity index (χ0v) is 15.1. The first-order chi connectivity index (χ1) is 12.8. The number of pyridine rings is 1. The van der Waals surface area contributed by atoms with Gasteiger partial charge in [-0.05, 0) is 50.2 Å². The van der Waals surface area contributed by atoms with Crippen LogP contribution in [0.3, 0.4) is 0 Å². The lowest BCUT2D eigenvalue weighted by Gasteiger charge is -2.24. The van der Waals surface area contributed by atoms with Crippen molar-refractivity contribution in [3.05, 3.63) is 59.9 Å². The second kappa shape index (κ2) is 7.81. The van der Waals surface area contributed by atoms with Crippen molar-refractivity contribution in [3.8, 4) is 22.6 Å². The average molecular weight is 366 g/mol. The molecule has 1 aliphatic heterocycles. The topological polar surface area (TPSA) is 62.7 Å². The molecule has 0 saturated carbocycles. The lowest BCUT2D eigenvalue weighted by atomic mass is 10.1. The highest BCUT2D eigenvalue weighted by atomic mass is 35.5. The zero-order chi connectivity index (χ0) is 17.8. The van der Waals surface area contributed by atoms with E-state index in [1.807, 2.05) is 42.5 Å². The first kappa shape index (κ1) is 16.9. The predicted molar refractivity (Wildman–Crippen MR) is 105 cm³/mol. The van der Waals surface area contributed by atoms with Gasteiger partial charge in [0.15, 0.2) is 5.82 Å². The van der Waals surface area contributed by atoms with Crippen LogP contribution < -0.4 is 10.6 Å². The zero-order valence-electron chi connectivity index (χ0n) is 14.3. The second-order valence-corrected chi connectivity index (χ2v) is 6.82. The van der Waals surface area contributed by atoms with Gasteiger partial charge in [0.2, 0.25) is 0 Å². The smallest absolute Gasteiger partial charge is 0.163 e. The van der Waals surface area contributed by atoms with Gasteiger partial charge in [-0.25, -0.2) is 9.97 Å². The molecule has 3 aromatic rings. The second-order valence-electron chi connectivity index (χ2n) is 6.38. The number of hydrogen-bond donors (Lipinski definition) is 2. The summed E-state index contributed by atoms with van der Waals surface area (Å²) in [5.74, 6) is 1.51. The van der Waals surface area contributed by atoms with Gasteiger partial charge in [-0.3, -0.25) is 4.98 Å². The Morgan fingerprint density at radius 1 is 1.00 bits per heavy atom. The highest BCUT2D eigenvalue weighted by molar-refractivity contribution is 6.30. The van der Waals surface area contributed by atoms with Gasteiger partial charge in [0.25, 0.3) is 0 Å². The third-order valence-electron chi connectivity index (χ3n) is 4.48. The number of aromatic nitrogens is 3. The minimum atomic E-state index is 0.422. The predicted octanol–water partition coefficient (Wildman–Crippen LogP) is 4.02. The molecule has 0 atom stereocenters. The van der Waals surface area contributed by atoms with Crippen LogP contribution in [0.1, 0.15) is 12.8 Å². The van der Waals surface area contributed by atoms with Crippen molar-refractivity contribution in [2.45, 2.75) is 18.9 Å². The first-order valence-electron chi connectivity index (χ1n) is 8.80. The van der Waals surface area contributed by atoms with Crippen molar-refractivity contribution in [1.82, 2.24) is 20.3 Å². The Labute approximate surface area is 157 Å². The fourth-order valence-electron chi connectivity index (χ4n) is 3.09. The highest BCUT2D eigenvalue weighted by Gasteiger charge is 2.15. The van der Waals surface area contributed by atoms with Gasteiger partial charge in [-0.1, -0.05) is 23.7 Å². The quantitative estimate of drug-likeness (QED) is 0.731. The normalized spacial score (nSPS) is 15.0. The van der Waals surface area contributed by atoms with Crippen LogP contribution in [0.5, 0.6) is 0 Å². The fraction of sp³-hybridized carbons (Fsp3) is 0.250. The third-order valence-corrected chi connectivity index (χ3v) is 4.73. The van der Waals surface area contributed by atoms with E-state index in [1.54, 1.807) is 12.4 Å². The Balaban J connectivity index is 1.72. The average Bonchev–Trinajstić information content (AvgIpc) is 2.70. The number of hydrogen-bond acceptors (Lipinski definition) is 5. The molecule has 132 valence electrons. The lowest BCUT2D eigenvalue weighted by molar-refractivity contribution is 0.478. The molecule has 26 heavy (non-hydrogen) atoms. The summed E-state index contributed by atoms with van der Waals surface area (Å²) in [6.07, 6.45) is 5.71. The molecule has 0 amide bonds. The van der Waals surface area contributed by atoms with Crippen molar-refractivity contribution in [3.63, 3.8) is 0 Å². The number of rotatable bonds is 4. The van der Waals surface area contributed by atoms with Crippen molar-refractivity contribution < 1.29 is 0 Å². The summed E-state index contributed by atoms with van der Waals surface area (Å²) in [4.78, 5) is 13.7. The van der Waals surface area contributed by atoms with Gasteiger partial charge < -0.3 is 10.6 Å². The largest absolute Gasteiger partial charge is 0.367 e. The Bertz CT molecular complexity index is 861. The molecule has 5 nitrogen and oxygen atoms in total. The fourth-order valence-corrected chi connectivity index (χ4v) is 3.22. The third kappa shape index (κ3) is 4.00. The summed E-state index contributed by atoms with van der Waals surface area (Å²) >= 11 is 6.03. The van der Waals surface area contributed by atoms with E-state index in [0.717, 1.165) is 48.6 Å². The monoisotopic (exact) mass is 365 g/mol. The van der Waals surface area contributed by atoms with Crippen LogP contribution in [0.25, 0.3) is 22.6 Å². The van der Waals surface area contributed by atoms with Crippen LogP contribution in [0.2, 0.25) is 5.02 Å². The summed E-state index contributed by atoms with van der Waals surface area (Å²) in [6.45, 7) is 2.06. The van der Waals surface area contributed by atoms with Crippen molar-refractivity contribution in [1.29, 1.82) is 0 Å². The van der Waals surface area contributed by atoms with Crippen molar-refractivity contribution >= 4 is 17.4 Å². The molecule has 0 bridgehead atoms. The maximum Gasteiger partial charge on any atom is 0.163 e. The van der Waals surface area contributed by atoms with E-state index >= 15 is 0 Å². The Morgan fingerprint density at radius 2 is 1.81 bits per heavy atom. The molecule has 1 aliphatic rings. The molecule has 1 fully saturated rings. The maximum absolute atomic E-state index is 6.03. The number of nitrogens with one attached hydrogen (secondary N) is 2. The molecular formula is C20H20ClN5. The molecule has 1 aromatic carbocycles. The maximum atomic E-state index is 6.03. The number of nitrogens with zero attached hydrogens (tertiary/aromatic N) is 3. The molecule has 0 aliphatic carbocycles. The Kier molecular flexibility index (Phi) is 5.09. The van der Waals surface area contributed by atoms with E-state index < -0.39 is 0 Å². The van der Waals surface area contributed by atoms with E-state index in [1.165, 1.54) is 0 Å². The van der Waals surface area contributed by atoms with Gasteiger partial charge >= 0.3 is 0 Å². The summed E-state index contributed by atoms with van der Waals surface area (Å²) in [7, 11) is 0. The standard InChI is InChI=1S/C20H20ClN5/c21-16-5-3-14(4-6-16)18-12-19(24-17-7-10-22-11-8-17)26-20(25-18)15-2-1-9-23-13-15/h1-6,9,12-13,17,22H,7-8,10-11H2,(H,24,25,26). The molecule has 1 saturated heterocycles. The van der Waals surface area contributed by atoms with Gasteiger partial charge in [0.1, 0.15) is 5.82 Å². The van der Waals surface area contributed by atoms with E-state index in [2.05, 4.69) is 15.6 Å². The van der Waals surface area contributed by atoms with Crippen LogP contribution in [0.4, 0.5) is 5.82 Å². The Hall–Kier alpha value is -2.50. The van der Waals surface area contributed by atoms with Crippen LogP contribution in [-0.4, -0.2) is 34.1 Å². The van der Waals surface area contributed by atoms with Crippen LogP contribution in [-0.2, 0) is 0 Å². The number of benzene rings is 1. The van der Waals surface area contributed by atoms with Gasteiger partial charge in [0, 0.05) is 40.7 Å². The lowest BCUT2D eigenvalue weighted by Crippen LogP contribution is -2.35. The molecule has 0 spiro atoms. The minimum absolute atomic E-state index is 0.422. The SMILES string of the molecule is Clc1ccc(-c2cc(NC3CCNCC3)nc(-c3cccnc3)n2)cc1. The number of piperidine rings is 1. The van der Waals surface area contributed by atoms with E-state index in [4.69, 9.17) is 21.6 Å². The summed E-state index contributed by atoms with van der Waals surface area (Å²) in [5.41, 5.74) is 2.78. The molecule has 0 unspecified atom stereocenters. The first-order valence-corrected chi connectivity index (χ1v) is 9.18. The Morgan fingerprint density at radius 3 is 2.54 bits per heavy atom. The van der Waals surface area contributed by atoms with Gasteiger partial charge in [-0.2, -0.15) is 0 Å². The molecule has 0 radical (unpaired) electrons. The van der Waals surface area contributed by atoms with Crippen LogP contribution >= 0.6 is 11.6 Å². The van der Waals surface area contributed by atoms with Gasteiger partial charge in [0.05, 0.1) is 5.69 Å². The van der Waals surface area contributed by atoms with Crippen molar-refractivity contribution in [2.24, 2.45) is 0 Å². The summed E-state index contributed by atoms with van der Waals surface area (Å²) < 4.78 is 0. The molecule has 2 N–H and O–H groups in total. The van der Waals surface area contributed by atoms with E-state index in [9.17, 15) is 0 Å². The summed E-state index contributed by atoms with van der Waals surface area (Å²) in [5, 5.41) is 7.67. The van der Waals surface area contributed by atoms with E-state index in [0.29, 0.717) is 16.9 Å². The van der Waals surface area contributed by atoms with E-state index in [-0.39, 0.29) is 0 Å². The molecule has 4 rings (SSSR count). The van der Waals surface area contributed by atoms with Crippen LogP contribution in [0, 0.1) is 0 Å². The van der Waals surface area contributed by atoms with Crippen molar-refractivity contribution in [2.75, 3.05) is 18.4 Å².